The molecule has 29 heavy (non-hydrogen) atoms. The van der Waals surface area contributed by atoms with E-state index in [9.17, 15) is 34.4 Å². The summed E-state index contributed by atoms with van der Waals surface area (Å²) in [5, 5.41) is 49.3. The van der Waals surface area contributed by atoms with E-state index in [-0.39, 0.29) is 5.69 Å². The fourth-order valence-corrected chi connectivity index (χ4v) is 2.89. The first kappa shape index (κ1) is 20.8. The zero-order chi connectivity index (χ0) is 21.3. The molecule has 0 bridgehead atoms. The minimum absolute atomic E-state index is 0.0575. The van der Waals surface area contributed by atoms with Crippen molar-refractivity contribution in [1.82, 2.24) is 9.55 Å². The molecule has 2 aromatic rings. The fraction of sp³-hybridized carbons (Fsp3) is 0.353. The largest absolute Gasteiger partial charge is 0.493 e. The third kappa shape index (κ3) is 3.97. The number of ether oxygens (including phenoxy) is 1. The highest BCUT2D eigenvalue weighted by Gasteiger charge is 2.43. The van der Waals surface area contributed by atoms with Gasteiger partial charge in [-0.25, -0.2) is 13.8 Å². The average molecular weight is 411 g/mol. The first-order chi connectivity index (χ1) is 13.7. The molecule has 156 valence electrons. The van der Waals surface area contributed by atoms with E-state index in [0.29, 0.717) is 4.57 Å². The SMILES string of the molecule is O=c1[nH]c(=O)n(-c2ccc(F)cc2)c(O)c1C=N[C@@H]1[C@H](O)[C@H](O)[C@H](CO)O[C@@H]1O. The Bertz CT molecular complexity index is 1020. The normalized spacial score (nSPS) is 27.4. The first-order valence-corrected chi connectivity index (χ1v) is 8.42. The maximum Gasteiger partial charge on any atom is 0.335 e. The van der Waals surface area contributed by atoms with E-state index in [4.69, 9.17) is 9.84 Å². The van der Waals surface area contributed by atoms with Gasteiger partial charge in [0.05, 0.1) is 12.3 Å². The van der Waals surface area contributed by atoms with Crippen LogP contribution in [0.15, 0.2) is 38.8 Å². The topological polar surface area (TPSA) is 178 Å². The van der Waals surface area contributed by atoms with E-state index < -0.39 is 65.8 Å². The Labute approximate surface area is 161 Å². The molecule has 1 aliphatic heterocycles. The second kappa shape index (κ2) is 8.23. The summed E-state index contributed by atoms with van der Waals surface area (Å²) in [6.07, 6.45) is -5.36. The Morgan fingerprint density at radius 1 is 1.17 bits per heavy atom. The van der Waals surface area contributed by atoms with Crippen LogP contribution in [0.4, 0.5) is 4.39 Å². The van der Waals surface area contributed by atoms with Gasteiger partial charge in [0.1, 0.15) is 35.7 Å². The van der Waals surface area contributed by atoms with E-state index in [2.05, 4.69) is 4.99 Å². The highest BCUT2D eigenvalue weighted by Crippen LogP contribution is 2.22. The second-order valence-electron chi connectivity index (χ2n) is 6.31. The number of aliphatic imine (C=N–C) groups is 1. The Balaban J connectivity index is 1.99. The number of benzene rings is 1. The maximum atomic E-state index is 13.1. The number of hydrogen-bond donors (Lipinski definition) is 6. The Morgan fingerprint density at radius 2 is 1.83 bits per heavy atom. The molecule has 6 N–H and O–H groups in total. The van der Waals surface area contributed by atoms with Gasteiger partial charge >= 0.3 is 5.69 Å². The lowest BCUT2D eigenvalue weighted by Gasteiger charge is -2.38. The fourth-order valence-electron chi connectivity index (χ4n) is 2.89. The third-order valence-corrected chi connectivity index (χ3v) is 4.45. The van der Waals surface area contributed by atoms with Gasteiger partial charge in [0.15, 0.2) is 6.29 Å². The quantitative estimate of drug-likeness (QED) is 0.301. The summed E-state index contributed by atoms with van der Waals surface area (Å²) >= 11 is 0. The number of nitrogens with zero attached hydrogens (tertiary/aromatic N) is 2. The lowest BCUT2D eigenvalue weighted by atomic mass is 9.97. The number of aromatic nitrogens is 2. The molecule has 3 rings (SSSR count). The summed E-state index contributed by atoms with van der Waals surface area (Å²) in [6.45, 7) is -0.658. The smallest absolute Gasteiger partial charge is 0.335 e. The molecule has 1 fully saturated rings. The molecule has 0 aliphatic carbocycles. The molecule has 1 aromatic carbocycles. The highest BCUT2D eigenvalue weighted by atomic mass is 19.1. The molecule has 0 spiro atoms. The molecule has 1 aromatic heterocycles. The predicted octanol–water partition coefficient (Wildman–Crippen LogP) is -2.41. The first-order valence-electron chi connectivity index (χ1n) is 8.42. The number of aliphatic hydroxyl groups excluding tert-OH is 4. The Morgan fingerprint density at radius 3 is 2.45 bits per heavy atom. The number of halogens is 1. The van der Waals surface area contributed by atoms with Gasteiger partial charge in [-0.05, 0) is 24.3 Å². The molecule has 11 nitrogen and oxygen atoms in total. The van der Waals surface area contributed by atoms with Crippen LogP contribution in [0.2, 0.25) is 0 Å². The van der Waals surface area contributed by atoms with Crippen molar-refractivity contribution in [3.63, 3.8) is 0 Å². The predicted molar refractivity (Wildman–Crippen MR) is 95.6 cm³/mol. The molecule has 1 aliphatic rings. The summed E-state index contributed by atoms with van der Waals surface area (Å²) in [6, 6.07) is 3.04. The molecular formula is C17H18FN3O8. The van der Waals surface area contributed by atoms with Crippen molar-refractivity contribution in [3.05, 3.63) is 56.5 Å². The lowest BCUT2D eigenvalue weighted by molar-refractivity contribution is -0.248. The van der Waals surface area contributed by atoms with Crippen molar-refractivity contribution >= 4 is 6.21 Å². The highest BCUT2D eigenvalue weighted by molar-refractivity contribution is 5.82. The Kier molecular flexibility index (Phi) is 5.91. The molecule has 1 saturated heterocycles. The number of H-pyrrole nitrogens is 1. The zero-order valence-corrected chi connectivity index (χ0v) is 14.7. The molecule has 0 amide bonds. The van der Waals surface area contributed by atoms with Crippen LogP contribution < -0.4 is 11.2 Å². The number of aliphatic hydroxyl groups is 4. The molecule has 0 radical (unpaired) electrons. The van der Waals surface area contributed by atoms with Crippen molar-refractivity contribution in [1.29, 1.82) is 0 Å². The van der Waals surface area contributed by atoms with Crippen molar-refractivity contribution < 1.29 is 34.7 Å². The van der Waals surface area contributed by atoms with Gasteiger partial charge < -0.3 is 30.3 Å². The standard InChI is InChI=1S/C17H18FN3O8/c18-7-1-3-8(4-2-7)21-15(26)9(14(25)20-17(21)28)5-19-11-13(24)12(23)10(6-22)29-16(11)27/h1-5,10-13,16,22-24,26-27H,6H2,(H,20,25,28)/t10-,11+,12+,13-,16-/m0/s1. The van der Waals surface area contributed by atoms with Crippen LogP contribution in [0.1, 0.15) is 5.56 Å². The second-order valence-corrected chi connectivity index (χ2v) is 6.31. The maximum absolute atomic E-state index is 13.1. The minimum atomic E-state index is -1.72. The molecule has 5 atom stereocenters. The average Bonchev–Trinajstić information content (AvgIpc) is 2.68. The van der Waals surface area contributed by atoms with Crippen LogP contribution >= 0.6 is 0 Å². The van der Waals surface area contributed by atoms with Crippen LogP contribution in [0.25, 0.3) is 5.69 Å². The van der Waals surface area contributed by atoms with Gasteiger partial charge in [-0.15, -0.1) is 0 Å². The number of rotatable bonds is 4. The lowest BCUT2D eigenvalue weighted by Crippen LogP contribution is -2.57. The number of aromatic hydroxyl groups is 1. The van der Waals surface area contributed by atoms with Gasteiger partial charge in [0, 0.05) is 6.21 Å². The van der Waals surface area contributed by atoms with Crippen LogP contribution in [-0.4, -0.2) is 78.5 Å². The van der Waals surface area contributed by atoms with E-state index in [1.165, 1.54) is 12.1 Å². The van der Waals surface area contributed by atoms with Gasteiger partial charge in [-0.3, -0.25) is 14.8 Å². The zero-order valence-electron chi connectivity index (χ0n) is 14.7. The number of nitrogens with one attached hydrogen (secondary N) is 1. The number of aromatic amines is 1. The van der Waals surface area contributed by atoms with Crippen LogP contribution in [0.5, 0.6) is 5.88 Å². The summed E-state index contributed by atoms with van der Waals surface area (Å²) in [5.74, 6) is -1.39. The van der Waals surface area contributed by atoms with Crippen LogP contribution in [0.3, 0.4) is 0 Å². The monoisotopic (exact) mass is 411 g/mol. The van der Waals surface area contributed by atoms with Crippen molar-refractivity contribution in [2.75, 3.05) is 6.61 Å². The number of hydrogen-bond acceptors (Lipinski definition) is 9. The summed E-state index contributed by atoms with van der Waals surface area (Å²) in [4.78, 5) is 29.9. The van der Waals surface area contributed by atoms with Gasteiger partial charge in [0.2, 0.25) is 5.88 Å². The van der Waals surface area contributed by atoms with Gasteiger partial charge in [-0.2, -0.15) is 0 Å². The Hall–Kier alpha value is -2.90. The molecule has 0 saturated carbocycles. The van der Waals surface area contributed by atoms with Gasteiger partial charge in [0.25, 0.3) is 5.56 Å². The van der Waals surface area contributed by atoms with E-state index in [1.54, 1.807) is 0 Å². The summed E-state index contributed by atoms with van der Waals surface area (Å²) in [5.41, 5.74) is -2.43. The van der Waals surface area contributed by atoms with E-state index in [1.807, 2.05) is 4.98 Å². The van der Waals surface area contributed by atoms with E-state index in [0.717, 1.165) is 18.3 Å². The minimum Gasteiger partial charge on any atom is -0.493 e. The van der Waals surface area contributed by atoms with Crippen LogP contribution in [-0.2, 0) is 4.74 Å². The summed E-state index contributed by atoms with van der Waals surface area (Å²) in [7, 11) is 0. The van der Waals surface area contributed by atoms with Crippen molar-refractivity contribution in [2.24, 2.45) is 4.99 Å². The van der Waals surface area contributed by atoms with Crippen LogP contribution in [0, 0.1) is 5.82 Å². The van der Waals surface area contributed by atoms with Crippen molar-refractivity contribution in [2.45, 2.75) is 30.6 Å². The molecule has 2 heterocycles. The summed E-state index contributed by atoms with van der Waals surface area (Å²) < 4.78 is 18.8. The van der Waals surface area contributed by atoms with Gasteiger partial charge in [-0.1, -0.05) is 0 Å². The molecular weight excluding hydrogens is 393 g/mol. The molecule has 12 heteroatoms. The van der Waals surface area contributed by atoms with Crippen molar-refractivity contribution in [3.8, 4) is 11.6 Å². The molecule has 0 unspecified atom stereocenters. The third-order valence-electron chi connectivity index (χ3n) is 4.45. The van der Waals surface area contributed by atoms with E-state index >= 15 is 0 Å².